The van der Waals surface area contributed by atoms with Crippen molar-refractivity contribution in [3.63, 3.8) is 0 Å². The van der Waals surface area contributed by atoms with Crippen LogP contribution in [0.2, 0.25) is 0 Å². The predicted molar refractivity (Wildman–Crippen MR) is 48.5 cm³/mol. The fourth-order valence-corrected chi connectivity index (χ4v) is 1.27. The Morgan fingerprint density at radius 3 is 3.00 bits per heavy atom. The molecule has 1 fully saturated rings. The maximum Gasteiger partial charge on any atom is 0.263 e. The van der Waals surface area contributed by atoms with Crippen molar-refractivity contribution in [3.05, 3.63) is 18.5 Å². The molecule has 1 unspecified atom stereocenters. The third-order valence-electron chi connectivity index (χ3n) is 2.16. The highest BCUT2D eigenvalue weighted by molar-refractivity contribution is 5.83. The van der Waals surface area contributed by atoms with E-state index >= 15 is 0 Å². The molecule has 1 aliphatic carbocycles. The van der Waals surface area contributed by atoms with Gasteiger partial charge in [0.25, 0.3) is 5.91 Å². The number of nitrogens with one attached hydrogen (secondary N) is 1. The van der Waals surface area contributed by atoms with Crippen LogP contribution in [0.3, 0.4) is 0 Å². The van der Waals surface area contributed by atoms with Gasteiger partial charge in [0, 0.05) is 18.4 Å². The van der Waals surface area contributed by atoms with Gasteiger partial charge in [0.05, 0.1) is 6.04 Å². The van der Waals surface area contributed by atoms with Crippen LogP contribution in [0.4, 0.5) is 0 Å². The highest BCUT2D eigenvalue weighted by Crippen LogP contribution is 2.19. The summed E-state index contributed by atoms with van der Waals surface area (Å²) < 4.78 is 1.38. The normalized spacial score (nSPS) is 18.5. The second-order valence-corrected chi connectivity index (χ2v) is 3.45. The Balaban J connectivity index is 1.95. The number of hydrogen-bond acceptors (Lipinski definition) is 3. The van der Waals surface area contributed by atoms with Gasteiger partial charge in [-0.2, -0.15) is 5.10 Å². The summed E-state index contributed by atoms with van der Waals surface area (Å²) in [7, 11) is 0. The molecular weight excluding hydrogens is 166 g/mol. The molecule has 1 saturated carbocycles. The number of hydrogen-bond donors (Lipinski definition) is 1. The molecule has 2 rings (SSSR count). The Morgan fingerprint density at radius 2 is 2.46 bits per heavy atom. The standard InChI is InChI=1S/C9H13N3O/c1-7(11-8-3-4-8)9(13)12-6-2-5-10-12/h2,5-8,11H,3-4H2,1H3. The van der Waals surface area contributed by atoms with Gasteiger partial charge < -0.3 is 5.32 Å². The van der Waals surface area contributed by atoms with E-state index in [1.807, 2.05) is 6.92 Å². The van der Waals surface area contributed by atoms with Crippen LogP contribution in [-0.4, -0.2) is 27.8 Å². The van der Waals surface area contributed by atoms with Crippen molar-refractivity contribution in [2.24, 2.45) is 0 Å². The molecule has 4 nitrogen and oxygen atoms in total. The number of carbonyl (C=O) groups is 1. The van der Waals surface area contributed by atoms with Crippen molar-refractivity contribution in [2.75, 3.05) is 0 Å². The quantitative estimate of drug-likeness (QED) is 0.741. The van der Waals surface area contributed by atoms with Crippen molar-refractivity contribution >= 4 is 5.91 Å². The Kier molecular flexibility index (Phi) is 2.14. The lowest BCUT2D eigenvalue weighted by atomic mass is 10.3. The fraction of sp³-hybridized carbons (Fsp3) is 0.556. The van der Waals surface area contributed by atoms with Crippen molar-refractivity contribution in [2.45, 2.75) is 31.8 Å². The molecule has 1 aliphatic rings. The molecule has 1 aromatic heterocycles. The van der Waals surface area contributed by atoms with E-state index in [1.54, 1.807) is 18.5 Å². The molecule has 0 aliphatic heterocycles. The molecule has 0 bridgehead atoms. The van der Waals surface area contributed by atoms with Crippen LogP contribution in [0.25, 0.3) is 0 Å². The molecule has 1 heterocycles. The Bertz CT molecular complexity index is 290. The molecule has 0 saturated heterocycles. The van der Waals surface area contributed by atoms with Gasteiger partial charge in [0.1, 0.15) is 0 Å². The third kappa shape index (κ3) is 1.95. The van der Waals surface area contributed by atoms with Gasteiger partial charge in [-0.25, -0.2) is 4.68 Å². The molecule has 70 valence electrons. The van der Waals surface area contributed by atoms with Gasteiger partial charge in [-0.05, 0) is 25.8 Å². The summed E-state index contributed by atoms with van der Waals surface area (Å²) in [4.78, 5) is 11.6. The molecule has 0 aromatic carbocycles. The van der Waals surface area contributed by atoms with Crippen molar-refractivity contribution in [3.8, 4) is 0 Å². The van der Waals surface area contributed by atoms with Gasteiger partial charge in [0.15, 0.2) is 0 Å². The second kappa shape index (κ2) is 3.30. The molecule has 13 heavy (non-hydrogen) atoms. The van der Waals surface area contributed by atoms with Gasteiger partial charge >= 0.3 is 0 Å². The largest absolute Gasteiger partial charge is 0.303 e. The summed E-state index contributed by atoms with van der Waals surface area (Å²) in [5, 5.41) is 7.12. The lowest BCUT2D eigenvalue weighted by Gasteiger charge is -2.10. The van der Waals surface area contributed by atoms with E-state index in [0.717, 1.165) is 0 Å². The van der Waals surface area contributed by atoms with Crippen molar-refractivity contribution < 1.29 is 4.79 Å². The monoisotopic (exact) mass is 179 g/mol. The average molecular weight is 179 g/mol. The third-order valence-corrected chi connectivity index (χ3v) is 2.16. The van der Waals surface area contributed by atoms with Crippen LogP contribution in [0.1, 0.15) is 24.6 Å². The van der Waals surface area contributed by atoms with Crippen LogP contribution in [-0.2, 0) is 0 Å². The summed E-state index contributed by atoms with van der Waals surface area (Å²) in [6, 6.07) is 2.17. The summed E-state index contributed by atoms with van der Waals surface area (Å²) >= 11 is 0. The first-order valence-electron chi connectivity index (χ1n) is 4.57. The van der Waals surface area contributed by atoms with Crippen molar-refractivity contribution in [1.29, 1.82) is 0 Å². The number of rotatable bonds is 3. The van der Waals surface area contributed by atoms with Crippen LogP contribution < -0.4 is 5.32 Å². The minimum absolute atomic E-state index is 0.0110. The fourth-order valence-electron chi connectivity index (χ4n) is 1.27. The van der Waals surface area contributed by atoms with Crippen molar-refractivity contribution in [1.82, 2.24) is 15.1 Å². The topological polar surface area (TPSA) is 46.9 Å². The van der Waals surface area contributed by atoms with Crippen LogP contribution in [0.15, 0.2) is 18.5 Å². The SMILES string of the molecule is CC(NC1CC1)C(=O)n1cccn1. The Hall–Kier alpha value is -1.16. The average Bonchev–Trinajstić information content (AvgIpc) is 2.78. The maximum absolute atomic E-state index is 11.6. The van der Waals surface area contributed by atoms with Gasteiger partial charge in [-0.1, -0.05) is 0 Å². The van der Waals surface area contributed by atoms with E-state index in [2.05, 4.69) is 10.4 Å². The summed E-state index contributed by atoms with van der Waals surface area (Å²) in [6.45, 7) is 1.88. The summed E-state index contributed by atoms with van der Waals surface area (Å²) in [6.07, 6.45) is 5.67. The van der Waals surface area contributed by atoms with Gasteiger partial charge in [0.2, 0.25) is 0 Å². The lowest BCUT2D eigenvalue weighted by Crippen LogP contribution is -2.38. The van der Waals surface area contributed by atoms with E-state index in [-0.39, 0.29) is 11.9 Å². The molecule has 1 aromatic rings. The summed E-state index contributed by atoms with van der Waals surface area (Å²) in [5.74, 6) is 0.0110. The predicted octanol–water partition coefficient (Wildman–Crippen LogP) is 0.664. The zero-order valence-electron chi connectivity index (χ0n) is 7.60. The zero-order valence-corrected chi connectivity index (χ0v) is 7.60. The number of carbonyl (C=O) groups excluding carboxylic acids is 1. The van der Waals surface area contributed by atoms with E-state index in [0.29, 0.717) is 6.04 Å². The molecule has 0 spiro atoms. The number of aromatic nitrogens is 2. The van der Waals surface area contributed by atoms with E-state index in [1.165, 1.54) is 17.5 Å². The van der Waals surface area contributed by atoms with Gasteiger partial charge in [-0.15, -0.1) is 0 Å². The minimum Gasteiger partial charge on any atom is -0.303 e. The molecular formula is C9H13N3O. The van der Waals surface area contributed by atoms with E-state index < -0.39 is 0 Å². The molecule has 1 atom stereocenters. The molecule has 4 heteroatoms. The highest BCUT2D eigenvalue weighted by Gasteiger charge is 2.26. The molecule has 0 radical (unpaired) electrons. The van der Waals surface area contributed by atoms with Gasteiger partial charge in [-0.3, -0.25) is 4.79 Å². The maximum atomic E-state index is 11.6. The van der Waals surface area contributed by atoms with Crippen LogP contribution >= 0.6 is 0 Å². The zero-order chi connectivity index (χ0) is 9.26. The first-order chi connectivity index (χ1) is 6.27. The first kappa shape index (κ1) is 8.44. The Labute approximate surface area is 76.9 Å². The lowest BCUT2D eigenvalue weighted by molar-refractivity contribution is 0.0851. The Morgan fingerprint density at radius 1 is 1.69 bits per heavy atom. The number of nitrogens with zero attached hydrogens (tertiary/aromatic N) is 2. The minimum atomic E-state index is -0.132. The first-order valence-corrected chi connectivity index (χ1v) is 4.57. The highest BCUT2D eigenvalue weighted by atomic mass is 16.2. The van der Waals surface area contributed by atoms with E-state index in [9.17, 15) is 4.79 Å². The molecule has 0 amide bonds. The summed E-state index contributed by atoms with van der Waals surface area (Å²) in [5.41, 5.74) is 0. The smallest absolute Gasteiger partial charge is 0.263 e. The molecule has 1 N–H and O–H groups in total. The van der Waals surface area contributed by atoms with Crippen LogP contribution in [0, 0.1) is 0 Å². The van der Waals surface area contributed by atoms with Crippen LogP contribution in [0.5, 0.6) is 0 Å². The second-order valence-electron chi connectivity index (χ2n) is 3.45. The van der Waals surface area contributed by atoms with E-state index in [4.69, 9.17) is 0 Å².